The van der Waals surface area contributed by atoms with Crippen molar-refractivity contribution in [2.45, 2.75) is 37.9 Å². The van der Waals surface area contributed by atoms with Crippen molar-refractivity contribution < 1.29 is 13.2 Å². The maximum absolute atomic E-state index is 12.3. The number of pyridine rings is 1. The molecule has 19 heavy (non-hydrogen) atoms. The van der Waals surface area contributed by atoms with Gasteiger partial charge in [0.2, 0.25) is 0 Å². The number of nitrogens with zero attached hydrogens (tertiary/aromatic N) is 1. The summed E-state index contributed by atoms with van der Waals surface area (Å²) in [6.07, 6.45) is 5.55. The highest BCUT2D eigenvalue weighted by molar-refractivity contribution is 7.91. The lowest BCUT2D eigenvalue weighted by molar-refractivity contribution is 0.0890. The van der Waals surface area contributed by atoms with E-state index in [1.807, 2.05) is 13.0 Å². The lowest BCUT2D eigenvalue weighted by Crippen LogP contribution is -2.31. The Labute approximate surface area is 114 Å². The predicted octanol–water partition coefficient (Wildman–Crippen LogP) is 2.18. The van der Waals surface area contributed by atoms with Crippen molar-refractivity contribution in [3.05, 3.63) is 29.6 Å². The summed E-state index contributed by atoms with van der Waals surface area (Å²) >= 11 is 0. The number of carbonyl (C=O) groups excluding carboxylic acids is 1. The average Bonchev–Trinajstić information content (AvgIpc) is 2.38. The number of hydrogen-bond donors (Lipinski definition) is 0. The molecule has 0 saturated heterocycles. The Morgan fingerprint density at radius 2 is 2.05 bits per heavy atom. The fourth-order valence-corrected chi connectivity index (χ4v) is 3.80. The van der Waals surface area contributed by atoms with Crippen molar-refractivity contribution in [1.29, 1.82) is 0 Å². The van der Waals surface area contributed by atoms with Gasteiger partial charge in [-0.3, -0.25) is 9.78 Å². The summed E-state index contributed by atoms with van der Waals surface area (Å²) in [5.41, 5.74) is 1.46. The molecule has 104 valence electrons. The van der Waals surface area contributed by atoms with Gasteiger partial charge in [0.15, 0.2) is 5.78 Å². The fraction of sp³-hybridized carbons (Fsp3) is 0.571. The van der Waals surface area contributed by atoms with Crippen molar-refractivity contribution in [2.24, 2.45) is 5.92 Å². The molecule has 5 heteroatoms. The van der Waals surface area contributed by atoms with E-state index in [9.17, 15) is 13.2 Å². The summed E-state index contributed by atoms with van der Waals surface area (Å²) in [7, 11) is -3.05. The Kier molecular flexibility index (Phi) is 4.04. The van der Waals surface area contributed by atoms with Crippen LogP contribution in [0.15, 0.2) is 18.3 Å². The van der Waals surface area contributed by atoms with Crippen molar-refractivity contribution in [1.82, 2.24) is 4.98 Å². The number of sulfone groups is 1. The second kappa shape index (κ2) is 5.41. The van der Waals surface area contributed by atoms with E-state index in [4.69, 9.17) is 0 Å². The summed E-state index contributed by atoms with van der Waals surface area (Å²) in [4.78, 5) is 16.5. The van der Waals surface area contributed by atoms with Crippen LogP contribution in [0.1, 0.15) is 41.7 Å². The molecule has 0 aromatic carbocycles. The number of aromatic nitrogens is 1. The highest BCUT2D eigenvalue weighted by Gasteiger charge is 2.32. The molecular weight excluding hydrogens is 262 g/mol. The predicted molar refractivity (Wildman–Crippen MR) is 73.9 cm³/mol. The van der Waals surface area contributed by atoms with Crippen LogP contribution in [0.3, 0.4) is 0 Å². The van der Waals surface area contributed by atoms with Crippen LogP contribution in [0.5, 0.6) is 0 Å². The van der Waals surface area contributed by atoms with Crippen molar-refractivity contribution in [3.8, 4) is 0 Å². The van der Waals surface area contributed by atoms with Gasteiger partial charge in [-0.05, 0) is 38.3 Å². The zero-order chi connectivity index (χ0) is 14.0. The van der Waals surface area contributed by atoms with Gasteiger partial charge in [-0.15, -0.1) is 0 Å². The average molecular weight is 281 g/mol. The van der Waals surface area contributed by atoms with Gasteiger partial charge in [-0.2, -0.15) is 0 Å². The third kappa shape index (κ3) is 3.41. The Bertz CT molecular complexity index is 563. The number of aryl methyl sites for hydroxylation is 1. The molecule has 1 aromatic heterocycles. The van der Waals surface area contributed by atoms with Crippen LogP contribution in [0, 0.1) is 12.8 Å². The van der Waals surface area contributed by atoms with E-state index in [-0.39, 0.29) is 17.0 Å². The number of ketones is 1. The minimum atomic E-state index is -3.05. The summed E-state index contributed by atoms with van der Waals surface area (Å²) in [6.45, 7) is 1.87. The molecule has 1 aromatic rings. The van der Waals surface area contributed by atoms with Crippen LogP contribution in [-0.4, -0.2) is 30.7 Å². The number of rotatable bonds is 3. The smallest absolute Gasteiger partial charge is 0.167 e. The molecule has 1 aliphatic carbocycles. The molecule has 0 spiro atoms. The maximum atomic E-state index is 12.3. The van der Waals surface area contributed by atoms with E-state index in [1.54, 1.807) is 12.3 Å². The zero-order valence-electron chi connectivity index (χ0n) is 11.3. The van der Waals surface area contributed by atoms with Crippen molar-refractivity contribution in [3.63, 3.8) is 0 Å². The molecule has 0 amide bonds. The normalized spacial score (nSPS) is 24.1. The Morgan fingerprint density at radius 1 is 1.32 bits per heavy atom. The van der Waals surface area contributed by atoms with Gasteiger partial charge in [0.05, 0.1) is 5.25 Å². The van der Waals surface area contributed by atoms with E-state index in [0.717, 1.165) is 18.5 Å². The lowest BCUT2D eigenvalue weighted by atomic mass is 9.84. The third-order valence-electron chi connectivity index (χ3n) is 3.80. The van der Waals surface area contributed by atoms with Crippen molar-refractivity contribution in [2.75, 3.05) is 6.26 Å². The zero-order valence-corrected chi connectivity index (χ0v) is 12.1. The molecule has 2 atom stereocenters. The first-order chi connectivity index (χ1) is 8.88. The first-order valence-corrected chi connectivity index (χ1v) is 8.49. The molecule has 0 N–H and O–H groups in total. The molecule has 0 bridgehead atoms. The molecule has 2 rings (SSSR count). The molecular formula is C14H19NO3S. The summed E-state index contributed by atoms with van der Waals surface area (Å²) < 4.78 is 23.2. The van der Waals surface area contributed by atoms with Crippen LogP contribution in [0.25, 0.3) is 0 Å². The number of carbonyl (C=O) groups is 1. The Balaban J connectivity index is 2.13. The van der Waals surface area contributed by atoms with Crippen LogP contribution in [-0.2, 0) is 9.84 Å². The van der Waals surface area contributed by atoms with Gasteiger partial charge in [0, 0.05) is 29.6 Å². The van der Waals surface area contributed by atoms with E-state index < -0.39 is 9.84 Å². The minimum Gasteiger partial charge on any atom is -0.294 e. The third-order valence-corrected chi connectivity index (χ3v) is 5.44. The first kappa shape index (κ1) is 14.2. The van der Waals surface area contributed by atoms with Gasteiger partial charge in [-0.25, -0.2) is 8.42 Å². The summed E-state index contributed by atoms with van der Waals surface area (Å²) in [6, 6.07) is 3.58. The molecule has 1 fully saturated rings. The van der Waals surface area contributed by atoms with E-state index >= 15 is 0 Å². The number of hydrogen-bond acceptors (Lipinski definition) is 4. The van der Waals surface area contributed by atoms with Gasteiger partial charge < -0.3 is 0 Å². The van der Waals surface area contributed by atoms with Crippen molar-refractivity contribution >= 4 is 15.6 Å². The van der Waals surface area contributed by atoms with E-state index in [1.165, 1.54) is 6.26 Å². The summed E-state index contributed by atoms with van der Waals surface area (Å²) in [5.74, 6) is -0.154. The molecule has 2 unspecified atom stereocenters. The quantitative estimate of drug-likeness (QED) is 0.797. The summed E-state index contributed by atoms with van der Waals surface area (Å²) in [5, 5.41) is -0.367. The standard InChI is InChI=1S/C14H19NO3S/c1-10-6-7-12(9-15-10)14(16)11-4-3-5-13(8-11)19(2,17)18/h6-7,9,11,13H,3-5,8H2,1-2H3. The largest absolute Gasteiger partial charge is 0.294 e. The molecule has 0 radical (unpaired) electrons. The van der Waals surface area contributed by atoms with E-state index in [0.29, 0.717) is 18.4 Å². The second-order valence-corrected chi connectivity index (χ2v) is 7.69. The second-order valence-electron chi connectivity index (χ2n) is 5.37. The van der Waals surface area contributed by atoms with Gasteiger partial charge in [0.25, 0.3) is 0 Å². The van der Waals surface area contributed by atoms with Crippen LogP contribution in [0.4, 0.5) is 0 Å². The van der Waals surface area contributed by atoms with E-state index in [2.05, 4.69) is 4.98 Å². The van der Waals surface area contributed by atoms with Crippen LogP contribution in [0.2, 0.25) is 0 Å². The fourth-order valence-electron chi connectivity index (χ4n) is 2.62. The minimum absolute atomic E-state index is 0.0286. The van der Waals surface area contributed by atoms with Crippen LogP contribution >= 0.6 is 0 Å². The molecule has 1 saturated carbocycles. The number of Topliss-reactive ketones (excluding diaryl/α,β-unsaturated/α-hetero) is 1. The van der Waals surface area contributed by atoms with Gasteiger partial charge in [-0.1, -0.05) is 6.42 Å². The molecule has 1 heterocycles. The first-order valence-electron chi connectivity index (χ1n) is 6.53. The maximum Gasteiger partial charge on any atom is 0.167 e. The highest BCUT2D eigenvalue weighted by Crippen LogP contribution is 2.30. The Hall–Kier alpha value is -1.23. The van der Waals surface area contributed by atoms with Crippen LogP contribution < -0.4 is 0 Å². The lowest BCUT2D eigenvalue weighted by Gasteiger charge is -2.26. The Morgan fingerprint density at radius 3 is 2.63 bits per heavy atom. The highest BCUT2D eigenvalue weighted by atomic mass is 32.2. The van der Waals surface area contributed by atoms with Gasteiger partial charge >= 0.3 is 0 Å². The molecule has 1 aliphatic rings. The van der Waals surface area contributed by atoms with Gasteiger partial charge in [0.1, 0.15) is 9.84 Å². The topological polar surface area (TPSA) is 64.1 Å². The monoisotopic (exact) mass is 281 g/mol. The molecule has 0 aliphatic heterocycles. The molecule has 4 nitrogen and oxygen atoms in total. The SMILES string of the molecule is Cc1ccc(C(=O)C2CCCC(S(C)(=O)=O)C2)cn1.